The van der Waals surface area contributed by atoms with Crippen LogP contribution in [0, 0.1) is 5.92 Å². The van der Waals surface area contributed by atoms with Crippen molar-refractivity contribution in [3.05, 3.63) is 36.5 Å². The molecule has 1 aliphatic rings. The van der Waals surface area contributed by atoms with Crippen LogP contribution in [0.4, 0.5) is 0 Å². The minimum absolute atomic E-state index is 0.130. The molecule has 0 radical (unpaired) electrons. The Morgan fingerprint density at radius 3 is 2.53 bits per heavy atom. The van der Waals surface area contributed by atoms with Crippen LogP contribution in [0.25, 0.3) is 10.9 Å². The lowest BCUT2D eigenvalue weighted by Crippen LogP contribution is -2.11. The lowest BCUT2D eigenvalue weighted by atomic mass is 10.3. The Morgan fingerprint density at radius 1 is 1.27 bits per heavy atom. The molecule has 0 saturated heterocycles. The molecule has 0 aliphatic heterocycles. The number of para-hydroxylation sites is 1. The maximum atomic E-state index is 9.98. The van der Waals surface area contributed by atoms with Gasteiger partial charge in [-0.3, -0.25) is 4.79 Å². The van der Waals surface area contributed by atoms with Gasteiger partial charge in [0.2, 0.25) is 5.91 Å². The van der Waals surface area contributed by atoms with Crippen molar-refractivity contribution >= 4 is 16.8 Å². The van der Waals surface area contributed by atoms with Crippen LogP contribution in [0.5, 0.6) is 0 Å². The zero-order chi connectivity index (χ0) is 10.7. The molecule has 3 N–H and O–H groups in total. The van der Waals surface area contributed by atoms with Crippen LogP contribution >= 0.6 is 0 Å². The lowest BCUT2D eigenvalue weighted by molar-refractivity contribution is -0.119. The second kappa shape index (κ2) is 4.17. The summed E-state index contributed by atoms with van der Waals surface area (Å²) < 4.78 is 0. The van der Waals surface area contributed by atoms with Crippen molar-refractivity contribution in [2.75, 3.05) is 0 Å². The highest BCUT2D eigenvalue weighted by Crippen LogP contribution is 2.27. The first-order chi connectivity index (χ1) is 7.27. The molecule has 3 nitrogen and oxygen atoms in total. The molecule has 3 heteroatoms. The number of rotatable bonds is 1. The smallest absolute Gasteiger partial charge is 0.220 e. The molecule has 1 amide bonds. The third kappa shape index (κ3) is 2.59. The second-order valence-corrected chi connectivity index (χ2v) is 3.74. The Balaban J connectivity index is 0.000000124. The molecule has 0 atom stereocenters. The number of hydrogen-bond donors (Lipinski definition) is 2. The monoisotopic (exact) mass is 202 g/mol. The topological polar surface area (TPSA) is 58.9 Å². The molecule has 1 aromatic heterocycles. The fourth-order valence-electron chi connectivity index (χ4n) is 1.36. The third-order valence-electron chi connectivity index (χ3n) is 2.44. The van der Waals surface area contributed by atoms with E-state index in [2.05, 4.69) is 23.2 Å². The van der Waals surface area contributed by atoms with Crippen molar-refractivity contribution in [1.82, 2.24) is 4.98 Å². The third-order valence-corrected chi connectivity index (χ3v) is 2.44. The van der Waals surface area contributed by atoms with Gasteiger partial charge in [-0.2, -0.15) is 0 Å². The van der Waals surface area contributed by atoms with Crippen molar-refractivity contribution in [3.63, 3.8) is 0 Å². The first-order valence-electron chi connectivity index (χ1n) is 5.09. The standard InChI is InChI=1S/C8H7N.C4H7NO/c1-2-4-8-7(3-1)5-6-9-8;5-4(6)3-1-2-3/h1-6,9H;3H,1-2H2,(H2,5,6). The molecule has 1 aromatic carbocycles. The summed E-state index contributed by atoms with van der Waals surface area (Å²) in [6, 6.07) is 10.3. The van der Waals surface area contributed by atoms with Crippen molar-refractivity contribution in [2.45, 2.75) is 12.8 Å². The maximum Gasteiger partial charge on any atom is 0.220 e. The Morgan fingerprint density at radius 2 is 2.00 bits per heavy atom. The molecule has 0 spiro atoms. The molecule has 78 valence electrons. The highest BCUT2D eigenvalue weighted by molar-refractivity contribution is 5.79. The molecular formula is C12H14N2O. The normalized spacial score (nSPS) is 14.4. The number of nitrogens with one attached hydrogen (secondary N) is 1. The summed E-state index contributed by atoms with van der Waals surface area (Å²) in [7, 11) is 0. The van der Waals surface area contributed by atoms with Crippen molar-refractivity contribution in [3.8, 4) is 0 Å². The number of carbonyl (C=O) groups excluding carboxylic acids is 1. The van der Waals surface area contributed by atoms with Crippen LogP contribution < -0.4 is 5.73 Å². The fourth-order valence-corrected chi connectivity index (χ4v) is 1.36. The zero-order valence-corrected chi connectivity index (χ0v) is 8.44. The molecule has 15 heavy (non-hydrogen) atoms. The van der Waals surface area contributed by atoms with Crippen molar-refractivity contribution in [1.29, 1.82) is 0 Å². The van der Waals surface area contributed by atoms with E-state index in [9.17, 15) is 4.79 Å². The average Bonchev–Trinajstić information content (AvgIpc) is 2.98. The molecule has 1 heterocycles. The minimum atomic E-state index is -0.130. The molecule has 0 unspecified atom stereocenters. The molecular weight excluding hydrogens is 188 g/mol. The maximum absolute atomic E-state index is 9.98. The van der Waals surface area contributed by atoms with Gasteiger partial charge in [0.1, 0.15) is 0 Å². The van der Waals surface area contributed by atoms with Crippen LogP contribution in [-0.2, 0) is 4.79 Å². The van der Waals surface area contributed by atoms with Gasteiger partial charge < -0.3 is 10.7 Å². The molecule has 1 fully saturated rings. The number of primary amides is 1. The summed E-state index contributed by atoms with van der Waals surface area (Å²) in [4.78, 5) is 13.1. The molecule has 1 aliphatic carbocycles. The van der Waals surface area contributed by atoms with Crippen LogP contribution in [-0.4, -0.2) is 10.9 Å². The number of amides is 1. The zero-order valence-electron chi connectivity index (χ0n) is 8.44. The number of nitrogens with two attached hydrogens (primary N) is 1. The van der Waals surface area contributed by atoms with E-state index in [-0.39, 0.29) is 11.8 Å². The summed E-state index contributed by atoms with van der Waals surface area (Å²) in [5.74, 6) is 0.111. The summed E-state index contributed by atoms with van der Waals surface area (Å²) in [5, 5.41) is 1.28. The van der Waals surface area contributed by atoms with E-state index in [4.69, 9.17) is 5.73 Å². The van der Waals surface area contributed by atoms with Gasteiger partial charge in [-0.25, -0.2) is 0 Å². The fraction of sp³-hybridized carbons (Fsp3) is 0.250. The van der Waals surface area contributed by atoms with Crippen LogP contribution in [0.1, 0.15) is 12.8 Å². The summed E-state index contributed by atoms with van der Waals surface area (Å²) >= 11 is 0. The van der Waals surface area contributed by atoms with Crippen LogP contribution in [0.3, 0.4) is 0 Å². The quantitative estimate of drug-likeness (QED) is 0.730. The number of aromatic nitrogens is 1. The summed E-state index contributed by atoms with van der Waals surface area (Å²) in [6.45, 7) is 0. The number of aromatic amines is 1. The number of H-pyrrole nitrogens is 1. The van der Waals surface area contributed by atoms with Gasteiger partial charge in [-0.15, -0.1) is 0 Å². The predicted octanol–water partition coefficient (Wildman–Crippen LogP) is 2.05. The number of fused-ring (bicyclic) bond motifs is 1. The highest BCUT2D eigenvalue weighted by atomic mass is 16.1. The van der Waals surface area contributed by atoms with Gasteiger partial charge in [0.25, 0.3) is 0 Å². The van der Waals surface area contributed by atoms with Gasteiger partial charge >= 0.3 is 0 Å². The summed E-state index contributed by atoms with van der Waals surface area (Å²) in [6.07, 6.45) is 4.00. The number of benzene rings is 1. The molecule has 0 bridgehead atoms. The highest BCUT2D eigenvalue weighted by Gasteiger charge is 2.26. The first-order valence-corrected chi connectivity index (χ1v) is 5.09. The number of carbonyl (C=O) groups is 1. The first kappa shape index (κ1) is 9.77. The largest absolute Gasteiger partial charge is 0.369 e. The minimum Gasteiger partial charge on any atom is -0.369 e. The number of hydrogen-bond acceptors (Lipinski definition) is 1. The van der Waals surface area contributed by atoms with Gasteiger partial charge in [-0.05, 0) is 30.4 Å². The van der Waals surface area contributed by atoms with Crippen molar-refractivity contribution < 1.29 is 4.79 Å². The SMILES string of the molecule is NC(=O)C1CC1.c1ccc2[nH]ccc2c1. The lowest BCUT2D eigenvalue weighted by Gasteiger charge is -1.83. The Kier molecular flexibility index (Phi) is 2.72. The molecule has 1 saturated carbocycles. The van der Waals surface area contributed by atoms with E-state index in [1.165, 1.54) is 10.9 Å². The Bertz CT molecular complexity index is 427. The van der Waals surface area contributed by atoms with Crippen LogP contribution in [0.15, 0.2) is 36.5 Å². The van der Waals surface area contributed by atoms with Crippen LogP contribution in [0.2, 0.25) is 0 Å². The van der Waals surface area contributed by atoms with E-state index in [0.29, 0.717) is 0 Å². The van der Waals surface area contributed by atoms with Crippen molar-refractivity contribution in [2.24, 2.45) is 11.7 Å². The van der Waals surface area contributed by atoms with E-state index in [0.717, 1.165) is 12.8 Å². The van der Waals surface area contributed by atoms with E-state index < -0.39 is 0 Å². The molecule has 2 aromatic rings. The van der Waals surface area contributed by atoms with Gasteiger partial charge in [0, 0.05) is 17.6 Å². The van der Waals surface area contributed by atoms with E-state index in [1.54, 1.807) is 0 Å². The van der Waals surface area contributed by atoms with E-state index in [1.807, 2.05) is 18.3 Å². The van der Waals surface area contributed by atoms with Gasteiger partial charge in [0.15, 0.2) is 0 Å². The Hall–Kier alpha value is -1.77. The van der Waals surface area contributed by atoms with Gasteiger partial charge in [-0.1, -0.05) is 18.2 Å². The average molecular weight is 202 g/mol. The summed E-state index contributed by atoms with van der Waals surface area (Å²) in [5.41, 5.74) is 6.06. The van der Waals surface area contributed by atoms with Gasteiger partial charge in [0.05, 0.1) is 0 Å². The predicted molar refractivity (Wildman–Crippen MR) is 60.2 cm³/mol. The molecule has 3 rings (SSSR count). The second-order valence-electron chi connectivity index (χ2n) is 3.74. The van der Waals surface area contributed by atoms with E-state index >= 15 is 0 Å². The Labute approximate surface area is 88.3 Å².